The molecule has 0 amide bonds. The molecule has 3 aromatic carbocycles. The van der Waals surface area contributed by atoms with Crippen LogP contribution in [0, 0.1) is 0 Å². The number of phenols is 3. The highest BCUT2D eigenvalue weighted by Gasteiger charge is 2.48. The van der Waals surface area contributed by atoms with Gasteiger partial charge in [-0.15, -0.1) is 0 Å². The summed E-state index contributed by atoms with van der Waals surface area (Å²) in [5, 5.41) is 144. The molecule has 23 heteroatoms. The highest BCUT2D eigenvalue weighted by molar-refractivity contribution is 5.89. The van der Waals surface area contributed by atoms with Crippen LogP contribution >= 0.6 is 0 Å². The van der Waals surface area contributed by atoms with E-state index in [1.807, 2.05) is 0 Å². The monoisotopic (exact) mass is 919 g/mol. The molecule has 352 valence electrons. The molecule has 0 bridgehead atoms. The van der Waals surface area contributed by atoms with Crippen molar-refractivity contribution < 1.29 is 114 Å². The molecule has 0 aliphatic carbocycles. The van der Waals surface area contributed by atoms with Crippen LogP contribution in [0.15, 0.2) is 71.2 Å². The van der Waals surface area contributed by atoms with Crippen LogP contribution in [0.3, 0.4) is 0 Å². The Morgan fingerprint density at radius 2 is 1.12 bits per heavy atom. The lowest BCUT2D eigenvalue weighted by Crippen LogP contribution is -2.60. The molecule has 3 aliphatic rings. The molecule has 15 atom stereocenters. The highest BCUT2D eigenvalue weighted by Crippen LogP contribution is 2.43. The SMILES string of the molecule is O=C(/C=C/c1ccc(O[C@@H]2O[C@H](CO)[C@@H](O)[C@H](O)[C@H]2O)cc1)OC[C@H]1O[C@@H](Oc2cc3c(O[C@@H]4O[C@H](CO)[C@@H](O)[C@H](O)[C@H]4O)cc(O)cc3[o+]c2-c2ccc(O)c(O)c2)[C@H](O)[C@@H](O)[C@@H]1O. The van der Waals surface area contributed by atoms with Gasteiger partial charge in [-0.3, -0.25) is 0 Å². The molecule has 0 unspecified atom stereocenters. The van der Waals surface area contributed by atoms with Gasteiger partial charge in [-0.25, -0.2) is 9.21 Å². The van der Waals surface area contributed by atoms with Crippen LogP contribution in [0.25, 0.3) is 28.4 Å². The largest absolute Gasteiger partial charge is 0.507 e. The van der Waals surface area contributed by atoms with Gasteiger partial charge in [-0.2, -0.15) is 0 Å². The molecule has 14 N–H and O–H groups in total. The lowest BCUT2D eigenvalue weighted by molar-refractivity contribution is -0.278. The lowest BCUT2D eigenvalue weighted by atomic mass is 9.99. The molecule has 0 radical (unpaired) electrons. The number of hydrogen-bond acceptors (Lipinski definition) is 22. The van der Waals surface area contributed by atoms with E-state index in [2.05, 4.69) is 0 Å². The van der Waals surface area contributed by atoms with E-state index < -0.39 is 135 Å². The molecule has 0 spiro atoms. The number of hydrogen-bond donors (Lipinski definition) is 14. The Balaban J connectivity index is 1.07. The zero-order chi connectivity index (χ0) is 46.9. The molecule has 4 aromatic rings. The van der Waals surface area contributed by atoms with Gasteiger partial charge >= 0.3 is 17.3 Å². The highest BCUT2D eigenvalue weighted by atomic mass is 16.7. The van der Waals surface area contributed by atoms with Crippen molar-refractivity contribution in [3.05, 3.63) is 72.3 Å². The van der Waals surface area contributed by atoms with Gasteiger partial charge in [0.15, 0.2) is 11.5 Å². The number of carbonyl (C=O) groups excluding carboxylic acids is 1. The Hall–Kier alpha value is -5.48. The number of rotatable bonds is 13. The van der Waals surface area contributed by atoms with Crippen LogP contribution in [0.2, 0.25) is 0 Å². The maximum absolute atomic E-state index is 12.8. The first-order valence-electron chi connectivity index (χ1n) is 19.9. The fourth-order valence-corrected chi connectivity index (χ4v) is 7.12. The minimum atomic E-state index is -1.97. The summed E-state index contributed by atoms with van der Waals surface area (Å²) in [5.74, 6) is -3.11. The number of aliphatic hydroxyl groups excluding tert-OH is 11. The second-order valence-electron chi connectivity index (χ2n) is 15.3. The predicted molar refractivity (Wildman–Crippen MR) is 214 cm³/mol. The minimum absolute atomic E-state index is 0.0272. The van der Waals surface area contributed by atoms with Crippen molar-refractivity contribution in [3.63, 3.8) is 0 Å². The van der Waals surface area contributed by atoms with Crippen molar-refractivity contribution in [1.82, 2.24) is 0 Å². The van der Waals surface area contributed by atoms with E-state index in [-0.39, 0.29) is 39.5 Å². The Labute approximate surface area is 366 Å². The molecule has 23 nitrogen and oxygen atoms in total. The number of ether oxygens (including phenoxy) is 7. The maximum Gasteiger partial charge on any atom is 0.402 e. The zero-order valence-electron chi connectivity index (χ0n) is 33.6. The summed E-state index contributed by atoms with van der Waals surface area (Å²) in [6, 6.07) is 12.9. The average molecular weight is 920 g/mol. The Kier molecular flexibility index (Phi) is 14.6. The van der Waals surface area contributed by atoms with Gasteiger partial charge in [0.25, 0.3) is 0 Å². The third kappa shape index (κ3) is 10.2. The lowest BCUT2D eigenvalue weighted by Gasteiger charge is -2.39. The van der Waals surface area contributed by atoms with Crippen LogP contribution < -0.4 is 14.2 Å². The number of aliphatic hydroxyl groups is 11. The van der Waals surface area contributed by atoms with E-state index in [0.717, 1.165) is 30.3 Å². The molecular weight excluding hydrogens is 872 g/mol. The van der Waals surface area contributed by atoms with Crippen molar-refractivity contribution in [1.29, 1.82) is 0 Å². The second-order valence-corrected chi connectivity index (χ2v) is 15.3. The number of carbonyl (C=O) groups is 1. The molecule has 65 heavy (non-hydrogen) atoms. The van der Waals surface area contributed by atoms with Gasteiger partial charge in [-0.1, -0.05) is 12.1 Å². The van der Waals surface area contributed by atoms with Gasteiger partial charge in [-0.05, 0) is 35.9 Å². The van der Waals surface area contributed by atoms with Crippen molar-refractivity contribution in [2.45, 2.75) is 92.1 Å². The number of phenolic OH excluding ortho intramolecular Hbond substituents is 3. The predicted octanol–water partition coefficient (Wildman–Crippen LogP) is -2.70. The number of esters is 1. The van der Waals surface area contributed by atoms with Gasteiger partial charge in [0.05, 0.1) is 24.8 Å². The van der Waals surface area contributed by atoms with Gasteiger partial charge in [0, 0.05) is 24.3 Å². The Morgan fingerprint density at radius 3 is 1.69 bits per heavy atom. The van der Waals surface area contributed by atoms with Crippen molar-refractivity contribution in [2.24, 2.45) is 0 Å². The number of benzene rings is 3. The molecule has 0 saturated carbocycles. The summed E-state index contributed by atoms with van der Waals surface area (Å²) in [5.41, 5.74) is 0.380. The second kappa shape index (κ2) is 19.9. The smallest absolute Gasteiger partial charge is 0.402 e. The van der Waals surface area contributed by atoms with E-state index in [0.29, 0.717) is 5.56 Å². The summed E-state index contributed by atoms with van der Waals surface area (Å²) in [4.78, 5) is 12.8. The fourth-order valence-electron chi connectivity index (χ4n) is 7.12. The quantitative estimate of drug-likeness (QED) is 0.0281. The summed E-state index contributed by atoms with van der Waals surface area (Å²) < 4.78 is 45.3. The third-order valence-corrected chi connectivity index (χ3v) is 10.8. The third-order valence-electron chi connectivity index (χ3n) is 10.8. The topological polar surface area (TPSA) is 376 Å². The summed E-state index contributed by atoms with van der Waals surface area (Å²) in [6.45, 7) is -2.09. The first-order valence-corrected chi connectivity index (χ1v) is 19.9. The molecule has 3 saturated heterocycles. The summed E-state index contributed by atoms with van der Waals surface area (Å²) >= 11 is 0. The molecule has 3 fully saturated rings. The van der Waals surface area contributed by atoms with Crippen LogP contribution in [0.1, 0.15) is 5.56 Å². The molecule has 4 heterocycles. The zero-order valence-corrected chi connectivity index (χ0v) is 33.6. The number of aromatic hydroxyl groups is 3. The minimum Gasteiger partial charge on any atom is -0.507 e. The Bertz CT molecular complexity index is 2300. The molecule has 7 rings (SSSR count). The van der Waals surface area contributed by atoms with E-state index in [1.54, 1.807) is 0 Å². The Morgan fingerprint density at radius 1 is 0.585 bits per heavy atom. The first-order chi connectivity index (χ1) is 31.0. The standard InChI is InChI=1S/C42H46O23/c43-13-26-30(49)33(52)36(55)40(63-26)59-19-5-1-16(2-6-19)3-8-29(48)58-15-28-32(51)35(54)38(57)42(65-28)62-25-12-20-23(60-39(25)17-4-7-21(46)22(47)9-17)10-18(45)11-24(20)61-41-37(56)34(53)31(50)27(14-44)64-41/h1-12,26-28,30-38,40-44,49-57H,13-15H2,(H2-,45,46,47)/p+1/b8-3+/t26-,27-,28-,30-,31-,32-,33+,34+,35+,36-,37-,38-,40-,41-,42-/m1/s1. The van der Waals surface area contributed by atoms with Crippen LogP contribution in [0.4, 0.5) is 0 Å². The van der Waals surface area contributed by atoms with Crippen LogP contribution in [0.5, 0.6) is 34.5 Å². The molecular formula is C42H47O23+. The van der Waals surface area contributed by atoms with Crippen molar-refractivity contribution >= 4 is 23.0 Å². The first kappa shape index (κ1) is 47.5. The van der Waals surface area contributed by atoms with Gasteiger partial charge in [0.1, 0.15) is 102 Å². The fraction of sp³-hybridized carbons (Fsp3) is 0.429. The van der Waals surface area contributed by atoms with Crippen molar-refractivity contribution in [2.75, 3.05) is 19.8 Å². The van der Waals surface area contributed by atoms with Crippen LogP contribution in [-0.2, 0) is 23.7 Å². The average Bonchev–Trinajstić information content (AvgIpc) is 3.29. The van der Waals surface area contributed by atoms with Crippen LogP contribution in [-0.4, -0.2) is 189 Å². The molecule has 1 aromatic heterocycles. The maximum atomic E-state index is 12.8. The van der Waals surface area contributed by atoms with Gasteiger partial charge in [0.2, 0.25) is 24.6 Å². The van der Waals surface area contributed by atoms with E-state index >= 15 is 0 Å². The van der Waals surface area contributed by atoms with E-state index in [4.69, 9.17) is 37.6 Å². The summed E-state index contributed by atoms with van der Waals surface area (Å²) in [6.07, 6.45) is -22.6. The normalized spacial score (nSPS) is 32.9. The number of fused-ring (bicyclic) bond motifs is 1. The van der Waals surface area contributed by atoms with Gasteiger partial charge < -0.3 is 105 Å². The summed E-state index contributed by atoms with van der Waals surface area (Å²) in [7, 11) is 0. The van der Waals surface area contributed by atoms with E-state index in [1.165, 1.54) is 42.5 Å². The molecule has 3 aliphatic heterocycles. The van der Waals surface area contributed by atoms with Crippen molar-refractivity contribution in [3.8, 4) is 45.8 Å². The van der Waals surface area contributed by atoms with E-state index in [9.17, 15) is 76.3 Å².